The molecule has 3 aromatic rings. The number of carbonyl (C=O) groups excluding carboxylic acids is 2. The van der Waals surface area contributed by atoms with Crippen molar-refractivity contribution in [1.82, 2.24) is 4.90 Å². The third-order valence-electron chi connectivity index (χ3n) is 4.28. The van der Waals surface area contributed by atoms with Gasteiger partial charge in [0.2, 0.25) is 11.2 Å². The number of rotatable bonds is 5. The number of nitrogens with zero attached hydrogens (tertiary/aromatic N) is 1. The second-order valence-electron chi connectivity index (χ2n) is 6.09. The van der Waals surface area contributed by atoms with Crippen LogP contribution in [0.2, 0.25) is 0 Å². The number of hydrogen-bond donors (Lipinski definition) is 0. The standard InChI is InChI=1S/C21H15NO5/c23-18-10-15(26-13-19(18)27-12-14-6-2-1-3-7-14)11-22-20(24)16-8-4-5-9-17(16)21(22)25/h1-10,13H,11-12H2. The maximum absolute atomic E-state index is 12.4. The molecule has 6 nitrogen and oxygen atoms in total. The number of hydrogen-bond acceptors (Lipinski definition) is 5. The van der Waals surface area contributed by atoms with E-state index < -0.39 is 11.8 Å². The average Bonchev–Trinajstić information content (AvgIpc) is 2.93. The zero-order valence-corrected chi connectivity index (χ0v) is 14.3. The molecule has 1 aliphatic heterocycles. The first-order valence-corrected chi connectivity index (χ1v) is 8.37. The second kappa shape index (κ2) is 6.92. The summed E-state index contributed by atoms with van der Waals surface area (Å²) < 4.78 is 10.9. The lowest BCUT2D eigenvalue weighted by Crippen LogP contribution is -2.29. The SMILES string of the molecule is O=C1c2ccccc2C(=O)N1Cc1cc(=O)c(OCc2ccccc2)co1. The summed E-state index contributed by atoms with van der Waals surface area (Å²) in [5.74, 6) is -0.517. The number of imide groups is 1. The van der Waals surface area contributed by atoms with Crippen molar-refractivity contribution in [2.75, 3.05) is 0 Å². The van der Waals surface area contributed by atoms with Crippen molar-refractivity contribution in [1.29, 1.82) is 0 Å². The van der Waals surface area contributed by atoms with E-state index >= 15 is 0 Å². The molecule has 1 aliphatic rings. The molecule has 0 radical (unpaired) electrons. The van der Waals surface area contributed by atoms with Crippen LogP contribution in [0.15, 0.2) is 76.1 Å². The van der Waals surface area contributed by atoms with Crippen molar-refractivity contribution in [2.24, 2.45) is 0 Å². The lowest BCUT2D eigenvalue weighted by molar-refractivity contribution is 0.0630. The van der Waals surface area contributed by atoms with Crippen LogP contribution in [0.1, 0.15) is 32.0 Å². The highest BCUT2D eigenvalue weighted by Gasteiger charge is 2.35. The van der Waals surface area contributed by atoms with Crippen LogP contribution in [0.5, 0.6) is 5.75 Å². The summed E-state index contributed by atoms with van der Waals surface area (Å²) in [5.41, 5.74) is 1.26. The highest BCUT2D eigenvalue weighted by molar-refractivity contribution is 6.21. The molecule has 1 aromatic heterocycles. The van der Waals surface area contributed by atoms with Gasteiger partial charge in [0.1, 0.15) is 18.6 Å². The van der Waals surface area contributed by atoms with E-state index in [4.69, 9.17) is 9.15 Å². The Morgan fingerprint density at radius 1 is 0.852 bits per heavy atom. The molecule has 0 spiro atoms. The van der Waals surface area contributed by atoms with Gasteiger partial charge in [0.05, 0.1) is 17.7 Å². The Balaban J connectivity index is 1.48. The zero-order valence-electron chi connectivity index (χ0n) is 14.3. The van der Waals surface area contributed by atoms with Gasteiger partial charge in [0, 0.05) is 6.07 Å². The number of benzene rings is 2. The van der Waals surface area contributed by atoms with E-state index in [2.05, 4.69) is 0 Å². The molecule has 2 amide bonds. The number of fused-ring (bicyclic) bond motifs is 1. The lowest BCUT2D eigenvalue weighted by Gasteiger charge is -2.13. The van der Waals surface area contributed by atoms with E-state index in [1.165, 1.54) is 12.3 Å². The Morgan fingerprint density at radius 2 is 1.48 bits per heavy atom. The van der Waals surface area contributed by atoms with Crippen LogP contribution in [-0.2, 0) is 13.2 Å². The summed E-state index contributed by atoms with van der Waals surface area (Å²) >= 11 is 0. The highest BCUT2D eigenvalue weighted by Crippen LogP contribution is 2.24. The molecule has 6 heteroatoms. The minimum atomic E-state index is -0.400. The maximum Gasteiger partial charge on any atom is 0.261 e. The Hall–Kier alpha value is -3.67. The van der Waals surface area contributed by atoms with Crippen LogP contribution in [-0.4, -0.2) is 16.7 Å². The molecular formula is C21H15NO5. The smallest absolute Gasteiger partial charge is 0.261 e. The summed E-state index contributed by atoms with van der Waals surface area (Å²) in [6.45, 7) is 0.129. The summed E-state index contributed by atoms with van der Waals surface area (Å²) in [6, 6.07) is 17.3. The quantitative estimate of drug-likeness (QED) is 0.653. The minimum Gasteiger partial charge on any atom is -0.482 e. The van der Waals surface area contributed by atoms with Gasteiger partial charge in [0.15, 0.2) is 0 Å². The topological polar surface area (TPSA) is 76.8 Å². The van der Waals surface area contributed by atoms with Crippen molar-refractivity contribution < 1.29 is 18.7 Å². The van der Waals surface area contributed by atoms with Crippen molar-refractivity contribution >= 4 is 11.8 Å². The Morgan fingerprint density at radius 3 is 2.11 bits per heavy atom. The summed E-state index contributed by atoms with van der Waals surface area (Å²) in [6.07, 6.45) is 1.21. The van der Waals surface area contributed by atoms with Crippen LogP contribution in [0.25, 0.3) is 0 Å². The predicted octanol–water partition coefficient (Wildman–Crippen LogP) is 3.02. The van der Waals surface area contributed by atoms with Crippen LogP contribution in [0, 0.1) is 0 Å². The molecule has 0 N–H and O–H groups in total. The predicted molar refractivity (Wildman–Crippen MR) is 96.4 cm³/mol. The fourth-order valence-corrected chi connectivity index (χ4v) is 2.90. The van der Waals surface area contributed by atoms with Crippen LogP contribution >= 0.6 is 0 Å². The van der Waals surface area contributed by atoms with E-state index in [1.807, 2.05) is 30.3 Å². The van der Waals surface area contributed by atoms with Crippen molar-refractivity contribution in [3.05, 3.63) is 99.6 Å². The van der Waals surface area contributed by atoms with Gasteiger partial charge in [-0.15, -0.1) is 0 Å². The summed E-state index contributed by atoms with van der Waals surface area (Å²) in [4.78, 5) is 38.1. The van der Waals surface area contributed by atoms with Gasteiger partial charge in [-0.2, -0.15) is 0 Å². The Kier molecular flexibility index (Phi) is 4.30. The summed E-state index contributed by atoms with van der Waals surface area (Å²) in [5, 5.41) is 0. The molecule has 0 unspecified atom stereocenters. The monoisotopic (exact) mass is 361 g/mol. The lowest BCUT2D eigenvalue weighted by atomic mass is 10.1. The van der Waals surface area contributed by atoms with E-state index in [1.54, 1.807) is 24.3 Å². The fourth-order valence-electron chi connectivity index (χ4n) is 2.90. The molecule has 0 saturated carbocycles. The van der Waals surface area contributed by atoms with E-state index in [0.29, 0.717) is 11.1 Å². The molecule has 0 bridgehead atoms. The normalized spacial score (nSPS) is 13.0. The molecule has 2 aromatic carbocycles. The van der Waals surface area contributed by atoms with Gasteiger partial charge < -0.3 is 9.15 Å². The van der Waals surface area contributed by atoms with Crippen molar-refractivity contribution in [2.45, 2.75) is 13.2 Å². The number of carbonyl (C=O) groups is 2. The average molecular weight is 361 g/mol. The number of amides is 2. The van der Waals surface area contributed by atoms with Crippen molar-refractivity contribution in [3.8, 4) is 5.75 Å². The first-order valence-electron chi connectivity index (χ1n) is 8.37. The molecule has 134 valence electrons. The van der Waals surface area contributed by atoms with E-state index in [0.717, 1.165) is 10.5 Å². The van der Waals surface area contributed by atoms with Gasteiger partial charge in [-0.05, 0) is 17.7 Å². The van der Waals surface area contributed by atoms with Gasteiger partial charge in [-0.3, -0.25) is 19.3 Å². The molecule has 0 fully saturated rings. The Labute approximate surface area is 154 Å². The minimum absolute atomic E-state index is 0.0740. The first kappa shape index (κ1) is 16.8. The van der Waals surface area contributed by atoms with Gasteiger partial charge in [0.25, 0.3) is 11.8 Å². The van der Waals surface area contributed by atoms with Crippen LogP contribution in [0.3, 0.4) is 0 Å². The third kappa shape index (κ3) is 3.25. The van der Waals surface area contributed by atoms with Crippen LogP contribution < -0.4 is 10.2 Å². The summed E-state index contributed by atoms with van der Waals surface area (Å²) in [7, 11) is 0. The van der Waals surface area contributed by atoms with Gasteiger partial charge in [-0.1, -0.05) is 42.5 Å². The molecule has 0 saturated heterocycles. The van der Waals surface area contributed by atoms with Crippen LogP contribution in [0.4, 0.5) is 0 Å². The molecular weight excluding hydrogens is 346 g/mol. The second-order valence-corrected chi connectivity index (χ2v) is 6.09. The molecule has 27 heavy (non-hydrogen) atoms. The van der Waals surface area contributed by atoms with Crippen molar-refractivity contribution in [3.63, 3.8) is 0 Å². The number of ether oxygens (including phenoxy) is 1. The highest BCUT2D eigenvalue weighted by atomic mass is 16.5. The molecule has 0 atom stereocenters. The Bertz CT molecular complexity index is 1040. The largest absolute Gasteiger partial charge is 0.482 e. The first-order chi connectivity index (χ1) is 13.1. The molecule has 2 heterocycles. The van der Waals surface area contributed by atoms with Gasteiger partial charge in [-0.25, -0.2) is 0 Å². The van der Waals surface area contributed by atoms with E-state index in [-0.39, 0.29) is 30.1 Å². The maximum atomic E-state index is 12.4. The molecule has 4 rings (SSSR count). The zero-order chi connectivity index (χ0) is 18.8. The fraction of sp³-hybridized carbons (Fsp3) is 0.0952. The van der Waals surface area contributed by atoms with E-state index in [9.17, 15) is 14.4 Å². The van der Waals surface area contributed by atoms with Gasteiger partial charge >= 0.3 is 0 Å². The third-order valence-corrected chi connectivity index (χ3v) is 4.28. The molecule has 0 aliphatic carbocycles.